The van der Waals surface area contributed by atoms with Gasteiger partial charge in [0.15, 0.2) is 0 Å². The molecule has 5 saturated carbocycles. The third-order valence-corrected chi connectivity index (χ3v) is 15.5. The molecule has 2 heterocycles. The number of likely N-dealkylation sites (tertiary alicyclic amines) is 2. The molecule has 4 N–H and O–H groups in total. The molecule has 7 fully saturated rings. The minimum atomic E-state index is -0.983. The van der Waals surface area contributed by atoms with Gasteiger partial charge < -0.3 is 26.2 Å². The number of ketones is 1. The van der Waals surface area contributed by atoms with E-state index in [0.29, 0.717) is 31.8 Å². The van der Waals surface area contributed by atoms with E-state index in [2.05, 4.69) is 40.0 Å². The number of nitrogens with one attached hydrogen (secondary N) is 4. The van der Waals surface area contributed by atoms with Gasteiger partial charge in [-0.15, -0.1) is 0 Å². The third kappa shape index (κ3) is 7.35. The molecule has 0 aromatic heterocycles. The van der Waals surface area contributed by atoms with E-state index in [1.165, 1.54) is 0 Å². The van der Waals surface area contributed by atoms with E-state index in [-0.39, 0.29) is 52.0 Å². The monoisotopic (exact) mass is 765 g/mol. The fourth-order valence-corrected chi connectivity index (χ4v) is 11.6. The van der Waals surface area contributed by atoms with Crippen molar-refractivity contribution in [2.45, 2.75) is 193 Å². The molecule has 2 aliphatic heterocycles. The van der Waals surface area contributed by atoms with Gasteiger partial charge in [-0.1, -0.05) is 73.6 Å². The van der Waals surface area contributed by atoms with Crippen molar-refractivity contribution in [1.82, 2.24) is 31.1 Å². The molecule has 0 unspecified atom stereocenters. The fourth-order valence-electron chi connectivity index (χ4n) is 11.6. The lowest BCUT2D eigenvalue weighted by atomic mass is 9.73. The third-order valence-electron chi connectivity index (χ3n) is 15.5. The van der Waals surface area contributed by atoms with Crippen LogP contribution >= 0.6 is 0 Å². The van der Waals surface area contributed by atoms with Gasteiger partial charge in [0.1, 0.15) is 18.1 Å². The van der Waals surface area contributed by atoms with E-state index in [9.17, 15) is 24.0 Å². The van der Waals surface area contributed by atoms with Gasteiger partial charge in [-0.05, 0) is 106 Å². The number of carbonyl (C=O) groups is 6. The van der Waals surface area contributed by atoms with Gasteiger partial charge in [0.2, 0.25) is 29.4 Å². The maximum Gasteiger partial charge on any atom is 0.289 e. The molecule has 55 heavy (non-hydrogen) atoms. The molecule has 12 heteroatoms. The molecule has 6 atom stereocenters. The molecule has 0 bridgehead atoms. The second-order valence-corrected chi connectivity index (χ2v) is 20.1. The highest BCUT2D eigenvalue weighted by molar-refractivity contribution is 6.38. The average molecular weight is 765 g/mol. The van der Waals surface area contributed by atoms with Gasteiger partial charge in [-0.2, -0.15) is 0 Å². The Labute approximate surface area is 328 Å². The number of carbonyl (C=O) groups excluding carboxylic acids is 6. The van der Waals surface area contributed by atoms with Crippen molar-refractivity contribution in [1.29, 1.82) is 0 Å². The summed E-state index contributed by atoms with van der Waals surface area (Å²) in [6.45, 7) is 13.5. The Morgan fingerprint density at radius 2 is 1.44 bits per heavy atom. The van der Waals surface area contributed by atoms with Crippen LogP contribution in [0.3, 0.4) is 0 Å². The van der Waals surface area contributed by atoms with E-state index >= 15 is 4.79 Å². The Balaban J connectivity index is 1.13. The quantitative estimate of drug-likeness (QED) is 0.194. The molecule has 0 radical (unpaired) electrons. The van der Waals surface area contributed by atoms with Crippen LogP contribution in [0.1, 0.15) is 151 Å². The average Bonchev–Trinajstić information content (AvgIpc) is 4.08. The maximum absolute atomic E-state index is 15.1. The predicted molar refractivity (Wildman–Crippen MR) is 208 cm³/mol. The van der Waals surface area contributed by atoms with Crippen molar-refractivity contribution in [3.63, 3.8) is 0 Å². The molecule has 2 saturated heterocycles. The first-order chi connectivity index (χ1) is 26.0. The van der Waals surface area contributed by atoms with Crippen LogP contribution in [0, 0.1) is 27.6 Å². The molecule has 5 aliphatic carbocycles. The number of nitrogens with zero attached hydrogens (tertiary/aromatic N) is 2. The zero-order valence-corrected chi connectivity index (χ0v) is 34.4. The van der Waals surface area contributed by atoms with E-state index in [0.717, 1.165) is 96.4 Å². The van der Waals surface area contributed by atoms with Crippen molar-refractivity contribution in [2.75, 3.05) is 13.1 Å². The SMILES string of the molecule is CCC[C@H](NC(=O)[C@@H]1C[C@@]2(CN1C(=O)[C@@H](NC(=O)[C@@H](NC(=O)[C@@H]1CCCN1C1CC1)C1CCCCC1)C(C)(C)C)C(C)(C)C21CCC1)C(=O)C(=O)NC1CC1. The summed E-state index contributed by atoms with van der Waals surface area (Å²) in [5.74, 6) is -2.50. The van der Waals surface area contributed by atoms with Gasteiger partial charge in [-0.3, -0.25) is 33.7 Å². The summed E-state index contributed by atoms with van der Waals surface area (Å²) in [7, 11) is 0. The summed E-state index contributed by atoms with van der Waals surface area (Å²) in [5.41, 5.74) is -1.02. The molecule has 5 amide bonds. The largest absolute Gasteiger partial charge is 0.347 e. The van der Waals surface area contributed by atoms with Crippen LogP contribution in [0.5, 0.6) is 0 Å². The van der Waals surface area contributed by atoms with Crippen molar-refractivity contribution >= 4 is 35.3 Å². The Kier molecular flexibility index (Phi) is 11.0. The van der Waals surface area contributed by atoms with Crippen molar-refractivity contribution in [3.05, 3.63) is 0 Å². The first-order valence-electron chi connectivity index (χ1n) is 21.9. The van der Waals surface area contributed by atoms with E-state index < -0.39 is 47.2 Å². The number of amides is 5. The van der Waals surface area contributed by atoms with Crippen LogP contribution in [0.25, 0.3) is 0 Å². The van der Waals surface area contributed by atoms with Crippen molar-refractivity contribution in [2.24, 2.45) is 27.6 Å². The first kappa shape index (κ1) is 40.2. The molecular weight excluding hydrogens is 697 g/mol. The Morgan fingerprint density at radius 1 is 0.764 bits per heavy atom. The number of fused-ring (bicyclic) bond motifs is 1. The molecule has 306 valence electrons. The second-order valence-electron chi connectivity index (χ2n) is 20.1. The van der Waals surface area contributed by atoms with Gasteiger partial charge in [0.25, 0.3) is 5.91 Å². The maximum atomic E-state index is 15.1. The molecule has 12 nitrogen and oxygen atoms in total. The normalized spacial score (nSPS) is 30.3. The molecule has 7 aliphatic rings. The van der Waals surface area contributed by atoms with Gasteiger partial charge in [0.05, 0.1) is 12.1 Å². The van der Waals surface area contributed by atoms with E-state index in [1.54, 1.807) is 4.90 Å². The van der Waals surface area contributed by atoms with Gasteiger partial charge in [-0.25, -0.2) is 0 Å². The molecule has 7 rings (SSSR count). The lowest BCUT2D eigenvalue weighted by Crippen LogP contribution is -2.62. The lowest BCUT2D eigenvalue weighted by Gasteiger charge is -2.38. The second kappa shape index (κ2) is 15.1. The molecule has 0 aromatic carbocycles. The van der Waals surface area contributed by atoms with Crippen LogP contribution in [0.2, 0.25) is 0 Å². The molecule has 2 spiro atoms. The number of rotatable bonds is 14. The van der Waals surface area contributed by atoms with Crippen LogP contribution in [-0.2, 0) is 28.8 Å². The summed E-state index contributed by atoms with van der Waals surface area (Å²) in [4.78, 5) is 88.3. The van der Waals surface area contributed by atoms with Crippen LogP contribution in [0.4, 0.5) is 0 Å². The zero-order valence-electron chi connectivity index (χ0n) is 34.4. The zero-order chi connectivity index (χ0) is 39.5. The summed E-state index contributed by atoms with van der Waals surface area (Å²) >= 11 is 0. The summed E-state index contributed by atoms with van der Waals surface area (Å²) in [6.07, 6.45) is 15.1. The summed E-state index contributed by atoms with van der Waals surface area (Å²) < 4.78 is 0. The van der Waals surface area contributed by atoms with Crippen molar-refractivity contribution in [3.8, 4) is 0 Å². The molecule has 0 aromatic rings. The van der Waals surface area contributed by atoms with Gasteiger partial charge >= 0.3 is 0 Å². The summed E-state index contributed by atoms with van der Waals surface area (Å²) in [6, 6.07) is -3.29. The van der Waals surface area contributed by atoms with Crippen molar-refractivity contribution < 1.29 is 28.8 Å². The first-order valence-corrected chi connectivity index (χ1v) is 21.9. The Hall–Kier alpha value is -3.02. The fraction of sp³-hybridized carbons (Fsp3) is 0.860. The lowest BCUT2D eigenvalue weighted by molar-refractivity contribution is -0.145. The topological polar surface area (TPSA) is 157 Å². The Bertz CT molecular complexity index is 1540. The van der Waals surface area contributed by atoms with Crippen LogP contribution < -0.4 is 21.3 Å². The molecular formula is C43H68N6O6. The number of hydrogen-bond acceptors (Lipinski definition) is 7. The highest BCUT2D eigenvalue weighted by Crippen LogP contribution is 2.88. The highest BCUT2D eigenvalue weighted by atomic mass is 16.2. The number of Topliss-reactive ketones (excluding diaryl/α,β-unsaturated/α-hetero) is 1. The van der Waals surface area contributed by atoms with Gasteiger partial charge in [0, 0.05) is 24.0 Å². The smallest absolute Gasteiger partial charge is 0.289 e. The van der Waals surface area contributed by atoms with E-state index in [1.807, 2.05) is 27.7 Å². The summed E-state index contributed by atoms with van der Waals surface area (Å²) in [5, 5.41) is 12.1. The Morgan fingerprint density at radius 3 is 2.00 bits per heavy atom. The predicted octanol–water partition coefficient (Wildman–Crippen LogP) is 4.14. The van der Waals surface area contributed by atoms with Crippen LogP contribution in [0.15, 0.2) is 0 Å². The van der Waals surface area contributed by atoms with E-state index in [4.69, 9.17) is 0 Å². The minimum absolute atomic E-state index is 0.0173. The van der Waals surface area contributed by atoms with Crippen LogP contribution in [-0.4, -0.2) is 101 Å². The highest BCUT2D eigenvalue weighted by Gasteiger charge is 2.85. The standard InChI is InChI=1S/C43H68N6O6/c1-7-13-29(33(50)38(54)44-27-17-18-27)45-36(52)31-24-43(41(5,6)42(43)21-12-22-42)25-49(31)39(55)34(40(2,3)4)47-37(53)32(26-14-9-8-10-15-26)46-35(51)30-16-11-23-48(30)28-19-20-28/h26-32,34H,7-25H2,1-6H3,(H,44,54)(H,45,52)(H,46,51)(H,47,53)/t29-,30-,31-,32-,34+,43+/m0/s1. The number of hydrogen-bond donors (Lipinski definition) is 4. The minimum Gasteiger partial charge on any atom is -0.347 e.